The molecule has 0 aliphatic carbocycles. The van der Waals surface area contributed by atoms with Crippen LogP contribution in [0.5, 0.6) is 0 Å². The number of ether oxygens (including phenoxy) is 3. The minimum absolute atomic E-state index is 0.0727. The minimum Gasteiger partial charge on any atom is -0.462 e. The number of allylic oxidation sites excluding steroid dienone is 8. The molecule has 0 aliphatic heterocycles. The molecule has 0 heterocycles. The Morgan fingerprint density at radius 2 is 0.456 bits per heavy atom. The fraction of sp³-hybridized carbons (Fsp3) is 0.849. The first-order valence-corrected chi connectivity index (χ1v) is 35.1. The van der Waals surface area contributed by atoms with E-state index in [0.29, 0.717) is 19.3 Å². The van der Waals surface area contributed by atoms with Crippen LogP contribution in [0.1, 0.15) is 380 Å². The summed E-state index contributed by atoms with van der Waals surface area (Å²) in [5.74, 6) is -0.874. The fourth-order valence-corrected chi connectivity index (χ4v) is 10.5. The Morgan fingerprint density at radius 1 is 0.253 bits per heavy atom. The van der Waals surface area contributed by atoms with Gasteiger partial charge in [-0.05, 0) is 83.5 Å². The molecule has 6 nitrogen and oxygen atoms in total. The van der Waals surface area contributed by atoms with Gasteiger partial charge in [-0.25, -0.2) is 0 Å². The zero-order chi connectivity index (χ0) is 57.1. The molecule has 0 saturated heterocycles. The van der Waals surface area contributed by atoms with E-state index < -0.39 is 6.10 Å². The summed E-state index contributed by atoms with van der Waals surface area (Å²) >= 11 is 0. The smallest absolute Gasteiger partial charge is 0.306 e. The lowest BCUT2D eigenvalue weighted by atomic mass is 10.0. The summed E-state index contributed by atoms with van der Waals surface area (Å²) in [6.07, 6.45) is 86.3. The molecule has 1 unspecified atom stereocenters. The van der Waals surface area contributed by atoms with Crippen LogP contribution in [0.3, 0.4) is 0 Å². The first-order chi connectivity index (χ1) is 39.0. The van der Waals surface area contributed by atoms with Crippen molar-refractivity contribution in [2.45, 2.75) is 386 Å². The van der Waals surface area contributed by atoms with Crippen molar-refractivity contribution in [2.75, 3.05) is 13.2 Å². The zero-order valence-corrected chi connectivity index (χ0v) is 53.2. The van der Waals surface area contributed by atoms with Gasteiger partial charge in [0, 0.05) is 19.3 Å². The van der Waals surface area contributed by atoms with Gasteiger partial charge in [0.15, 0.2) is 6.10 Å². The van der Waals surface area contributed by atoms with Crippen LogP contribution in [0.15, 0.2) is 48.6 Å². The molecule has 462 valence electrons. The lowest BCUT2D eigenvalue weighted by Gasteiger charge is -2.18. The second-order valence-corrected chi connectivity index (χ2v) is 23.8. The van der Waals surface area contributed by atoms with Gasteiger partial charge in [0.25, 0.3) is 0 Å². The molecule has 0 bridgehead atoms. The van der Waals surface area contributed by atoms with E-state index in [1.54, 1.807) is 0 Å². The molecule has 0 radical (unpaired) electrons. The van der Waals surface area contributed by atoms with E-state index in [0.717, 1.165) is 83.5 Å². The van der Waals surface area contributed by atoms with Crippen LogP contribution in [-0.4, -0.2) is 37.2 Å². The summed E-state index contributed by atoms with van der Waals surface area (Å²) in [7, 11) is 0. The second kappa shape index (κ2) is 67.9. The van der Waals surface area contributed by atoms with Crippen molar-refractivity contribution < 1.29 is 28.6 Å². The van der Waals surface area contributed by atoms with Crippen molar-refractivity contribution in [2.24, 2.45) is 0 Å². The highest BCUT2D eigenvalue weighted by molar-refractivity contribution is 5.71. The van der Waals surface area contributed by atoms with Crippen molar-refractivity contribution >= 4 is 17.9 Å². The van der Waals surface area contributed by atoms with Crippen molar-refractivity contribution in [1.82, 2.24) is 0 Å². The lowest BCUT2D eigenvalue weighted by Crippen LogP contribution is -2.30. The molecule has 0 amide bonds. The molecule has 0 rings (SSSR count). The third-order valence-corrected chi connectivity index (χ3v) is 15.8. The lowest BCUT2D eigenvalue weighted by molar-refractivity contribution is -0.167. The molecule has 0 aromatic rings. The molecular formula is C73H134O6. The number of hydrogen-bond donors (Lipinski definition) is 0. The van der Waals surface area contributed by atoms with Gasteiger partial charge >= 0.3 is 17.9 Å². The van der Waals surface area contributed by atoms with Crippen LogP contribution in [0.4, 0.5) is 0 Å². The van der Waals surface area contributed by atoms with E-state index in [4.69, 9.17) is 14.2 Å². The minimum atomic E-state index is -0.773. The predicted molar refractivity (Wildman–Crippen MR) is 344 cm³/mol. The highest BCUT2D eigenvalue weighted by Gasteiger charge is 2.19. The zero-order valence-electron chi connectivity index (χ0n) is 53.2. The van der Waals surface area contributed by atoms with Crippen LogP contribution in [-0.2, 0) is 28.6 Å². The van der Waals surface area contributed by atoms with Gasteiger partial charge in [0.05, 0.1) is 0 Å². The van der Waals surface area contributed by atoms with E-state index in [9.17, 15) is 14.4 Å². The fourth-order valence-electron chi connectivity index (χ4n) is 10.5. The number of carbonyl (C=O) groups is 3. The molecule has 0 spiro atoms. The Bertz CT molecular complexity index is 1360. The van der Waals surface area contributed by atoms with E-state index >= 15 is 0 Å². The highest BCUT2D eigenvalue weighted by Crippen LogP contribution is 2.18. The van der Waals surface area contributed by atoms with Crippen molar-refractivity contribution in [3.8, 4) is 0 Å². The summed E-state index contributed by atoms with van der Waals surface area (Å²) in [6.45, 7) is 6.59. The topological polar surface area (TPSA) is 78.9 Å². The summed E-state index contributed by atoms with van der Waals surface area (Å²) < 4.78 is 16.8. The Balaban J connectivity index is 3.92. The molecule has 0 saturated carbocycles. The van der Waals surface area contributed by atoms with Gasteiger partial charge in [-0.1, -0.05) is 326 Å². The van der Waals surface area contributed by atoms with Gasteiger partial charge < -0.3 is 14.2 Å². The van der Waals surface area contributed by atoms with E-state index in [1.807, 2.05) is 0 Å². The summed E-state index contributed by atoms with van der Waals surface area (Å²) in [5.41, 5.74) is 0. The third-order valence-electron chi connectivity index (χ3n) is 15.8. The Labute approximate surface area is 492 Å². The maximum Gasteiger partial charge on any atom is 0.306 e. The first-order valence-electron chi connectivity index (χ1n) is 35.1. The van der Waals surface area contributed by atoms with Crippen molar-refractivity contribution in [3.05, 3.63) is 48.6 Å². The molecule has 1 atom stereocenters. The molecular weight excluding hydrogens is 973 g/mol. The van der Waals surface area contributed by atoms with Gasteiger partial charge in [-0.15, -0.1) is 0 Å². The van der Waals surface area contributed by atoms with Crippen LogP contribution < -0.4 is 0 Å². The van der Waals surface area contributed by atoms with Crippen molar-refractivity contribution in [1.29, 1.82) is 0 Å². The third kappa shape index (κ3) is 66.1. The maximum absolute atomic E-state index is 12.8. The number of hydrogen-bond acceptors (Lipinski definition) is 6. The van der Waals surface area contributed by atoms with E-state index in [2.05, 4.69) is 69.4 Å². The average Bonchev–Trinajstić information content (AvgIpc) is 3.45. The van der Waals surface area contributed by atoms with Crippen LogP contribution >= 0.6 is 0 Å². The number of rotatable bonds is 65. The van der Waals surface area contributed by atoms with Crippen LogP contribution in [0, 0.1) is 0 Å². The highest BCUT2D eigenvalue weighted by atomic mass is 16.6. The maximum atomic E-state index is 12.8. The normalized spacial score (nSPS) is 12.3. The van der Waals surface area contributed by atoms with Crippen LogP contribution in [0.2, 0.25) is 0 Å². The van der Waals surface area contributed by atoms with Crippen molar-refractivity contribution in [3.63, 3.8) is 0 Å². The average molecular weight is 1110 g/mol. The second-order valence-electron chi connectivity index (χ2n) is 23.8. The van der Waals surface area contributed by atoms with Gasteiger partial charge in [-0.2, -0.15) is 0 Å². The molecule has 0 aromatic heterocycles. The first kappa shape index (κ1) is 76.4. The number of carbonyl (C=O) groups excluding carboxylic acids is 3. The standard InChI is InChI=1S/C73H134O6/c1-4-7-10-13-15-17-19-21-23-25-27-29-31-32-33-34-35-36-37-38-39-40-42-43-45-47-49-51-53-55-57-60-63-66-72(75)78-69-70(68-77-71(74)65-62-59-12-9-6-3)79-73(76)67-64-61-58-56-54-52-50-48-46-44-41-30-28-26-24-22-20-18-16-14-11-8-5-2/h20,22,25-28,41,44,70H,4-19,21,23-24,29-40,42-43,45-69H2,1-3H3/b22-20-,27-25-,28-26-,44-41-. The largest absolute Gasteiger partial charge is 0.462 e. The summed E-state index contributed by atoms with van der Waals surface area (Å²) in [5, 5.41) is 0. The molecule has 6 heteroatoms. The Kier molecular flexibility index (Phi) is 65.6. The van der Waals surface area contributed by atoms with Gasteiger partial charge in [0.2, 0.25) is 0 Å². The van der Waals surface area contributed by atoms with Crippen LogP contribution in [0.25, 0.3) is 0 Å². The van der Waals surface area contributed by atoms with E-state index in [-0.39, 0.29) is 31.1 Å². The van der Waals surface area contributed by atoms with Gasteiger partial charge in [0.1, 0.15) is 13.2 Å². The molecule has 0 fully saturated rings. The number of unbranched alkanes of at least 4 members (excludes halogenated alkanes) is 46. The molecule has 79 heavy (non-hydrogen) atoms. The molecule has 0 N–H and O–H groups in total. The number of esters is 3. The quantitative estimate of drug-likeness (QED) is 0.0261. The monoisotopic (exact) mass is 1110 g/mol. The molecule has 0 aliphatic rings. The molecule has 0 aromatic carbocycles. The Hall–Kier alpha value is -2.63. The Morgan fingerprint density at radius 3 is 0.722 bits per heavy atom. The van der Waals surface area contributed by atoms with Gasteiger partial charge in [-0.3, -0.25) is 14.4 Å². The van der Waals surface area contributed by atoms with E-state index in [1.165, 1.54) is 257 Å². The SMILES string of the molecule is CCCCCCC/C=C\C/C=C\C/C=C\CCCCCCCCCCC(=O)OC(COC(=O)CCCCCCC)COC(=O)CCCCCCCCCCCCCCCCCCCCCCC/C=C\CCCCCCCCCC. The predicted octanol–water partition coefficient (Wildman–Crippen LogP) is 24.1. The summed E-state index contributed by atoms with van der Waals surface area (Å²) in [6, 6.07) is 0. The summed E-state index contributed by atoms with van der Waals surface area (Å²) in [4.78, 5) is 38.0.